The van der Waals surface area contributed by atoms with E-state index in [-0.39, 0.29) is 6.04 Å². The summed E-state index contributed by atoms with van der Waals surface area (Å²) in [4.78, 5) is 0. The first-order valence-electron chi connectivity index (χ1n) is 5.54. The molecule has 1 saturated heterocycles. The van der Waals surface area contributed by atoms with Crippen molar-refractivity contribution in [3.8, 4) is 0 Å². The van der Waals surface area contributed by atoms with Crippen molar-refractivity contribution in [2.45, 2.75) is 18.9 Å². The Morgan fingerprint density at radius 3 is 3.00 bits per heavy atom. The molecule has 0 radical (unpaired) electrons. The van der Waals surface area contributed by atoms with Crippen molar-refractivity contribution in [3.05, 3.63) is 12.4 Å². The number of aromatic nitrogens is 2. The van der Waals surface area contributed by atoms with Crippen LogP contribution in [0, 0.1) is 4.78 Å². The molecule has 1 aromatic heterocycles. The Bertz CT molecular complexity index is 475. The first-order chi connectivity index (χ1) is 7.98. The van der Waals surface area contributed by atoms with Gasteiger partial charge >= 0.3 is 0 Å². The van der Waals surface area contributed by atoms with Gasteiger partial charge in [-0.1, -0.05) is 0 Å². The summed E-state index contributed by atoms with van der Waals surface area (Å²) < 4.78 is 22.6. The zero-order chi connectivity index (χ0) is 12.5. The van der Waals surface area contributed by atoms with Crippen LogP contribution in [-0.2, 0) is 17.1 Å². The average Bonchev–Trinajstić information content (AvgIpc) is 2.64. The quantitative estimate of drug-likeness (QED) is 0.700. The Morgan fingerprint density at radius 2 is 2.53 bits per heavy atom. The summed E-state index contributed by atoms with van der Waals surface area (Å²) in [6.07, 6.45) is 5.21. The number of rotatable bonds is 3. The molecule has 0 saturated carbocycles. The molecular weight excluding hydrogens is 240 g/mol. The zero-order valence-electron chi connectivity index (χ0n) is 9.80. The molecule has 4 N–H and O–H groups in total. The molecule has 2 rings (SSSR count). The maximum Gasteiger partial charge on any atom is 0.192 e. The highest BCUT2D eigenvalue weighted by atomic mass is 32.2. The smallest absolute Gasteiger partial charge is 0.192 e. The molecule has 1 aromatic rings. The normalized spacial score (nSPS) is 24.2. The maximum absolute atomic E-state index is 11.9. The monoisotopic (exact) mass is 258 g/mol. The van der Waals surface area contributed by atoms with Crippen molar-refractivity contribution >= 4 is 15.8 Å². The molecule has 0 aromatic carbocycles. The highest BCUT2D eigenvalue weighted by Gasteiger charge is 2.27. The van der Waals surface area contributed by atoms with Crippen LogP contribution in [0.25, 0.3) is 0 Å². The van der Waals surface area contributed by atoms with Crippen molar-refractivity contribution in [2.75, 3.05) is 17.4 Å². The fourth-order valence-electron chi connectivity index (χ4n) is 2.14. The zero-order valence-corrected chi connectivity index (χ0v) is 10.6. The number of nitrogens with zero attached hydrogens (tertiary/aromatic N) is 3. The molecule has 1 aliphatic rings. The summed E-state index contributed by atoms with van der Waals surface area (Å²) in [5.74, 6) is 0. The van der Waals surface area contributed by atoms with E-state index in [0.717, 1.165) is 19.4 Å². The van der Waals surface area contributed by atoms with Crippen molar-refractivity contribution in [2.24, 2.45) is 12.2 Å². The number of aryl methyl sites for hydroxylation is 1. The minimum Gasteiger partial charge on any atom is -0.315 e. The van der Waals surface area contributed by atoms with E-state index < -0.39 is 10.1 Å². The van der Waals surface area contributed by atoms with Gasteiger partial charge < -0.3 is 5.32 Å². The molecule has 7 nitrogen and oxygen atoms in total. The highest BCUT2D eigenvalue weighted by Crippen LogP contribution is 2.22. The van der Waals surface area contributed by atoms with Crippen molar-refractivity contribution in [1.82, 2.24) is 15.1 Å². The van der Waals surface area contributed by atoms with Crippen molar-refractivity contribution in [1.29, 1.82) is 4.78 Å². The lowest BCUT2D eigenvalue weighted by molar-refractivity contribution is 0.459. The lowest BCUT2D eigenvalue weighted by Gasteiger charge is -2.34. The Hall–Kier alpha value is -1.12. The first kappa shape index (κ1) is 12.3. The van der Waals surface area contributed by atoms with Gasteiger partial charge in [-0.15, -0.1) is 0 Å². The van der Waals surface area contributed by atoms with E-state index in [9.17, 15) is 4.21 Å². The molecule has 0 amide bonds. The fourth-order valence-corrected chi connectivity index (χ4v) is 3.17. The van der Waals surface area contributed by atoms with E-state index in [4.69, 9.17) is 9.92 Å². The van der Waals surface area contributed by atoms with Crippen molar-refractivity contribution in [3.63, 3.8) is 0 Å². The van der Waals surface area contributed by atoms with E-state index in [2.05, 4.69) is 10.4 Å². The molecule has 8 heteroatoms. The average molecular weight is 258 g/mol. The third-order valence-corrected chi connectivity index (χ3v) is 3.93. The Balaban J connectivity index is 2.31. The lowest BCUT2D eigenvalue weighted by atomic mass is 10.1. The number of piperidine rings is 1. The van der Waals surface area contributed by atoms with Crippen LogP contribution in [0.3, 0.4) is 0 Å². The second-order valence-electron chi connectivity index (χ2n) is 4.27. The predicted octanol–water partition coefficient (Wildman–Crippen LogP) is -0.186. The van der Waals surface area contributed by atoms with Gasteiger partial charge in [0, 0.05) is 19.8 Å². The van der Waals surface area contributed by atoms with Crippen molar-refractivity contribution < 1.29 is 4.21 Å². The fraction of sp³-hybridized carbons (Fsp3) is 0.667. The molecule has 1 aliphatic heterocycles. The van der Waals surface area contributed by atoms with Crippen LogP contribution < -0.4 is 14.8 Å². The van der Waals surface area contributed by atoms with Gasteiger partial charge in [0.05, 0.1) is 17.9 Å². The van der Waals surface area contributed by atoms with E-state index in [0.29, 0.717) is 12.2 Å². The van der Waals surface area contributed by atoms with Crippen LogP contribution in [0.4, 0.5) is 5.69 Å². The lowest BCUT2D eigenvalue weighted by Crippen LogP contribution is -2.50. The second kappa shape index (κ2) is 4.63. The minimum absolute atomic E-state index is 0.0112. The van der Waals surface area contributed by atoms with Gasteiger partial charge in [0.1, 0.15) is 0 Å². The predicted molar refractivity (Wildman–Crippen MR) is 66.6 cm³/mol. The minimum atomic E-state index is -3.26. The number of nitrogens with one attached hydrogen (secondary N) is 2. The third-order valence-electron chi connectivity index (χ3n) is 2.84. The van der Waals surface area contributed by atoms with Crippen LogP contribution in [0.15, 0.2) is 12.4 Å². The molecule has 96 valence electrons. The molecular formula is C9H18N6OS. The number of anilines is 1. The summed E-state index contributed by atoms with van der Waals surface area (Å²) in [5, 5.41) is 12.8. The summed E-state index contributed by atoms with van der Waals surface area (Å²) in [6.45, 7) is 1.66. The molecule has 1 fully saturated rings. The van der Waals surface area contributed by atoms with Gasteiger partial charge in [0.15, 0.2) is 10.1 Å². The Labute approximate surface area is 101 Å². The number of nitrogens with two attached hydrogens (primary N) is 1. The van der Waals surface area contributed by atoms with E-state index in [1.165, 1.54) is 4.31 Å². The van der Waals surface area contributed by atoms with Gasteiger partial charge in [0.25, 0.3) is 0 Å². The summed E-state index contributed by atoms with van der Waals surface area (Å²) in [5.41, 5.74) is 0.642. The molecule has 0 bridgehead atoms. The molecule has 0 spiro atoms. The van der Waals surface area contributed by atoms with E-state index in [1.807, 2.05) is 0 Å². The first-order valence-corrected chi connectivity index (χ1v) is 7.11. The number of hydrogen-bond acceptors (Lipinski definition) is 4. The Morgan fingerprint density at radius 1 is 1.76 bits per heavy atom. The van der Waals surface area contributed by atoms with Gasteiger partial charge in [0.2, 0.25) is 0 Å². The second-order valence-corrected chi connectivity index (χ2v) is 5.80. The van der Waals surface area contributed by atoms with E-state index >= 15 is 0 Å². The van der Waals surface area contributed by atoms with Gasteiger partial charge in [-0.05, 0) is 19.4 Å². The molecule has 2 unspecified atom stereocenters. The van der Waals surface area contributed by atoms with Crippen LogP contribution in [0.1, 0.15) is 12.8 Å². The van der Waals surface area contributed by atoms with Crippen LogP contribution >= 0.6 is 0 Å². The van der Waals surface area contributed by atoms with Gasteiger partial charge in [-0.25, -0.2) is 14.1 Å². The van der Waals surface area contributed by atoms with Crippen LogP contribution in [0.2, 0.25) is 0 Å². The van der Waals surface area contributed by atoms with E-state index in [1.54, 1.807) is 24.1 Å². The molecule has 0 aliphatic carbocycles. The topological polar surface area (TPSA) is 100 Å². The molecule has 17 heavy (non-hydrogen) atoms. The van der Waals surface area contributed by atoms with Crippen LogP contribution in [0.5, 0.6) is 0 Å². The molecule has 2 heterocycles. The standard InChI is InChI=1S/C9H18N6OS/c1-14-7-9(6-13-14)15(17(10,11)16)8-3-2-4-12-5-8/h6-8,12H,2-5H2,1H3,(H3,10,11,16). The number of hydrogen-bond donors (Lipinski definition) is 3. The maximum atomic E-state index is 11.9. The van der Waals surface area contributed by atoms with Gasteiger partial charge in [-0.3, -0.25) is 8.99 Å². The molecule has 2 atom stereocenters. The third kappa shape index (κ3) is 2.76. The largest absolute Gasteiger partial charge is 0.315 e. The summed E-state index contributed by atoms with van der Waals surface area (Å²) in [7, 11) is -1.48. The van der Waals surface area contributed by atoms with Gasteiger partial charge in [-0.2, -0.15) is 5.10 Å². The van der Waals surface area contributed by atoms with Crippen LogP contribution in [-0.4, -0.2) is 33.1 Å². The highest BCUT2D eigenvalue weighted by molar-refractivity contribution is 7.91. The summed E-state index contributed by atoms with van der Waals surface area (Å²) in [6, 6.07) is -0.0112. The SMILES string of the molecule is Cn1cc(N(C2CCCNC2)S(=N)(N)=O)cn1. The Kier molecular flexibility index (Phi) is 3.36. The summed E-state index contributed by atoms with van der Waals surface area (Å²) >= 11 is 0.